The van der Waals surface area contributed by atoms with Gasteiger partial charge in [0.2, 0.25) is 5.88 Å². The van der Waals surface area contributed by atoms with Crippen molar-refractivity contribution in [1.82, 2.24) is 19.9 Å². The molecule has 1 amide bonds. The Morgan fingerprint density at radius 2 is 1.88 bits per heavy atom. The Balaban J connectivity index is 1.26. The van der Waals surface area contributed by atoms with Crippen molar-refractivity contribution in [2.75, 3.05) is 6.54 Å². The number of fused-ring (bicyclic) bond motifs is 1. The van der Waals surface area contributed by atoms with Gasteiger partial charge in [0, 0.05) is 42.6 Å². The highest BCUT2D eigenvalue weighted by Gasteiger charge is 2.32. The molecule has 1 aromatic carbocycles. The minimum absolute atomic E-state index is 0.0339. The maximum Gasteiger partial charge on any atom is 0.417 e. The van der Waals surface area contributed by atoms with Crippen molar-refractivity contribution in [2.45, 2.75) is 57.3 Å². The van der Waals surface area contributed by atoms with Crippen LogP contribution in [0.1, 0.15) is 61.0 Å². The fraction of sp³-hybridized carbons (Fsp3) is 0.323. The summed E-state index contributed by atoms with van der Waals surface area (Å²) in [6.07, 6.45) is 4.78. The number of aromatic amines is 1. The minimum atomic E-state index is -4.46. The molecule has 4 aromatic rings. The number of allylic oxidation sites excluding steroid dienone is 1. The van der Waals surface area contributed by atoms with Crippen molar-refractivity contribution in [3.8, 4) is 11.6 Å². The minimum Gasteiger partial charge on any atom is -0.439 e. The molecule has 1 aliphatic carbocycles. The molecule has 0 radical (unpaired) electrons. The fourth-order valence-corrected chi connectivity index (χ4v) is 5.07. The van der Waals surface area contributed by atoms with E-state index < -0.39 is 17.3 Å². The lowest BCUT2D eigenvalue weighted by Crippen LogP contribution is -2.48. The van der Waals surface area contributed by atoms with Gasteiger partial charge in [0.05, 0.1) is 16.7 Å². The lowest BCUT2D eigenvalue weighted by molar-refractivity contribution is -0.137. The molecule has 0 unspecified atom stereocenters. The van der Waals surface area contributed by atoms with Crippen LogP contribution < -0.4 is 4.74 Å². The number of carbonyl (C=O) groups excluding carboxylic acids is 1. The summed E-state index contributed by atoms with van der Waals surface area (Å²) in [7, 11) is 0. The van der Waals surface area contributed by atoms with Crippen LogP contribution in [0, 0.1) is 0 Å². The monoisotopic (exact) mass is 564 g/mol. The number of amides is 1. The van der Waals surface area contributed by atoms with Crippen molar-refractivity contribution < 1.29 is 27.8 Å². The van der Waals surface area contributed by atoms with E-state index in [1.165, 1.54) is 11.6 Å². The van der Waals surface area contributed by atoms with Crippen molar-refractivity contribution in [1.29, 1.82) is 0 Å². The van der Waals surface area contributed by atoms with E-state index in [0.717, 1.165) is 48.9 Å². The van der Waals surface area contributed by atoms with Crippen LogP contribution in [0.4, 0.5) is 13.2 Å². The smallest absolute Gasteiger partial charge is 0.417 e. The predicted molar refractivity (Wildman–Crippen MR) is 149 cm³/mol. The summed E-state index contributed by atoms with van der Waals surface area (Å²) in [6, 6.07) is 13.1. The Morgan fingerprint density at radius 3 is 2.56 bits per heavy atom. The Bertz CT molecular complexity index is 1550. The van der Waals surface area contributed by atoms with Crippen molar-refractivity contribution in [3.05, 3.63) is 89.4 Å². The summed E-state index contributed by atoms with van der Waals surface area (Å²) >= 11 is 0. The highest BCUT2D eigenvalue weighted by molar-refractivity contribution is 5.97. The Morgan fingerprint density at radius 1 is 1.10 bits per heavy atom. The molecule has 0 atom stereocenters. The standard InChI is InChI=1S/C31H31F3N4O3/c1-30(2,40)19-38(29(39)23-16-22-12-13-35-28(22)37-17-23)25-9-6-20(7-10-25)14-21-4-3-5-26(15-21)41-27-11-8-24(18-36-27)31(32,33)34/h3-5,8,11-18,25,40H,6-7,9-10,19H2,1-2H3,(H,35,37). The van der Waals surface area contributed by atoms with Crippen LogP contribution in [0.2, 0.25) is 0 Å². The Kier molecular flexibility index (Phi) is 7.86. The summed E-state index contributed by atoms with van der Waals surface area (Å²) in [4.78, 5) is 26.5. The van der Waals surface area contributed by atoms with Crippen LogP contribution >= 0.6 is 0 Å². The number of nitrogens with one attached hydrogen (secondary N) is 1. The maximum absolute atomic E-state index is 13.6. The quantitative estimate of drug-likeness (QED) is 0.252. The maximum atomic E-state index is 13.6. The highest BCUT2D eigenvalue weighted by atomic mass is 19.4. The molecule has 7 nitrogen and oxygen atoms in total. The molecule has 214 valence electrons. The predicted octanol–water partition coefficient (Wildman–Crippen LogP) is 7.01. The number of alkyl halides is 3. The number of hydrogen-bond acceptors (Lipinski definition) is 5. The molecule has 0 bridgehead atoms. The summed E-state index contributed by atoms with van der Waals surface area (Å²) in [6.45, 7) is 3.60. The second kappa shape index (κ2) is 11.4. The van der Waals surface area contributed by atoms with Gasteiger partial charge in [-0.1, -0.05) is 23.8 Å². The average molecular weight is 565 g/mol. The van der Waals surface area contributed by atoms with E-state index in [0.29, 0.717) is 17.0 Å². The zero-order chi connectivity index (χ0) is 29.2. The number of H-pyrrole nitrogens is 1. The molecule has 10 heteroatoms. The SMILES string of the molecule is CC(C)(O)CN(C(=O)c1cnc2[nH]ccc2c1)C1CCC(=Cc2cccc(Oc3ccc(C(F)(F)F)cn3)c2)CC1. The van der Waals surface area contributed by atoms with Crippen LogP contribution in [0.3, 0.4) is 0 Å². The van der Waals surface area contributed by atoms with Gasteiger partial charge in [-0.25, -0.2) is 9.97 Å². The lowest BCUT2D eigenvalue weighted by atomic mass is 9.88. The van der Waals surface area contributed by atoms with E-state index in [1.807, 2.05) is 30.3 Å². The van der Waals surface area contributed by atoms with Gasteiger partial charge in [-0.05, 0) is 75.4 Å². The molecule has 0 spiro atoms. The third-order valence-corrected chi connectivity index (χ3v) is 7.02. The molecule has 3 heterocycles. The largest absolute Gasteiger partial charge is 0.439 e. The number of rotatable bonds is 7. The second-order valence-corrected chi connectivity index (χ2v) is 11.0. The first kappa shape index (κ1) is 28.4. The number of nitrogens with zero attached hydrogens (tertiary/aromatic N) is 3. The molecule has 5 rings (SSSR count). The van der Waals surface area contributed by atoms with Crippen LogP contribution in [-0.2, 0) is 6.18 Å². The summed E-state index contributed by atoms with van der Waals surface area (Å²) < 4.78 is 44.1. The number of ether oxygens (including phenoxy) is 1. The number of hydrogen-bond donors (Lipinski definition) is 2. The van der Waals surface area contributed by atoms with Gasteiger partial charge < -0.3 is 19.7 Å². The molecule has 2 N–H and O–H groups in total. The van der Waals surface area contributed by atoms with Gasteiger partial charge in [0.15, 0.2) is 0 Å². The topological polar surface area (TPSA) is 91.3 Å². The van der Waals surface area contributed by atoms with E-state index in [4.69, 9.17) is 4.74 Å². The Hall–Kier alpha value is -4.18. The van der Waals surface area contributed by atoms with Crippen molar-refractivity contribution in [2.24, 2.45) is 0 Å². The first-order chi connectivity index (χ1) is 19.4. The van der Waals surface area contributed by atoms with Gasteiger partial charge in [-0.15, -0.1) is 0 Å². The number of carbonyl (C=O) groups is 1. The Labute approximate surface area is 235 Å². The number of aliphatic hydroxyl groups is 1. The third kappa shape index (κ3) is 7.13. The number of pyridine rings is 2. The first-order valence-electron chi connectivity index (χ1n) is 13.4. The fourth-order valence-electron chi connectivity index (χ4n) is 5.07. The summed E-state index contributed by atoms with van der Waals surface area (Å²) in [5, 5.41) is 11.4. The van der Waals surface area contributed by atoms with Crippen LogP contribution in [0.5, 0.6) is 11.6 Å². The number of aromatic nitrogens is 3. The highest BCUT2D eigenvalue weighted by Crippen LogP contribution is 2.32. The normalized spacial score (nSPS) is 16.0. The summed E-state index contributed by atoms with van der Waals surface area (Å²) in [5.41, 5.74) is 1.44. The zero-order valence-corrected chi connectivity index (χ0v) is 22.8. The molecule has 1 aliphatic rings. The number of benzene rings is 1. The molecule has 3 aromatic heterocycles. The van der Waals surface area contributed by atoms with Crippen molar-refractivity contribution >= 4 is 23.0 Å². The van der Waals surface area contributed by atoms with Gasteiger partial charge in [0.25, 0.3) is 5.91 Å². The van der Waals surface area contributed by atoms with Gasteiger partial charge in [-0.3, -0.25) is 4.79 Å². The van der Waals surface area contributed by atoms with Gasteiger partial charge in [-0.2, -0.15) is 13.2 Å². The van der Waals surface area contributed by atoms with E-state index in [9.17, 15) is 23.1 Å². The van der Waals surface area contributed by atoms with Crippen LogP contribution in [-0.4, -0.2) is 49.1 Å². The van der Waals surface area contributed by atoms with E-state index in [-0.39, 0.29) is 24.4 Å². The molecule has 1 saturated carbocycles. The van der Waals surface area contributed by atoms with Gasteiger partial charge in [0.1, 0.15) is 11.4 Å². The van der Waals surface area contributed by atoms with E-state index >= 15 is 0 Å². The molecule has 0 aliphatic heterocycles. The molecular weight excluding hydrogens is 533 g/mol. The van der Waals surface area contributed by atoms with Crippen molar-refractivity contribution in [3.63, 3.8) is 0 Å². The van der Waals surface area contributed by atoms with E-state index in [2.05, 4.69) is 21.0 Å². The number of halogens is 3. The van der Waals surface area contributed by atoms with Gasteiger partial charge >= 0.3 is 6.18 Å². The average Bonchev–Trinajstić information content (AvgIpc) is 3.40. The molecular formula is C31H31F3N4O3. The summed E-state index contributed by atoms with van der Waals surface area (Å²) in [5.74, 6) is 0.392. The van der Waals surface area contributed by atoms with E-state index in [1.54, 1.807) is 37.2 Å². The lowest BCUT2D eigenvalue weighted by Gasteiger charge is -2.38. The molecule has 1 fully saturated rings. The molecule has 41 heavy (non-hydrogen) atoms. The van der Waals surface area contributed by atoms with Crippen LogP contribution in [0.25, 0.3) is 17.1 Å². The second-order valence-electron chi connectivity index (χ2n) is 11.0. The third-order valence-electron chi connectivity index (χ3n) is 7.02. The molecule has 0 saturated heterocycles. The zero-order valence-electron chi connectivity index (χ0n) is 22.8. The van der Waals surface area contributed by atoms with Crippen LogP contribution in [0.15, 0.2) is 72.7 Å². The first-order valence-corrected chi connectivity index (χ1v) is 13.4.